The molecule has 142 valence electrons. The Balaban J connectivity index is 3.37. The van der Waals surface area contributed by atoms with Crippen molar-refractivity contribution in [3.05, 3.63) is 23.8 Å². The maximum Gasteiger partial charge on any atom is 0.250 e. The summed E-state index contributed by atoms with van der Waals surface area (Å²) in [5, 5.41) is 0.175. The highest BCUT2D eigenvalue weighted by Crippen LogP contribution is 2.43. The van der Waals surface area contributed by atoms with Gasteiger partial charge in [0.15, 0.2) is 5.78 Å². The third-order valence-corrected chi connectivity index (χ3v) is 14.4. The van der Waals surface area contributed by atoms with Gasteiger partial charge in [0.05, 0.1) is 0 Å². The largest absolute Gasteiger partial charge is 0.541 e. The molecule has 0 aromatic heterocycles. The molecule has 0 aliphatic rings. The molecule has 0 radical (unpaired) electrons. The van der Waals surface area contributed by atoms with E-state index in [0.29, 0.717) is 11.3 Å². The number of benzene rings is 1. The topological polar surface area (TPSA) is 35.5 Å². The summed E-state index contributed by atoms with van der Waals surface area (Å²) in [5.41, 5.74) is 0.663. The third kappa shape index (κ3) is 5.20. The van der Waals surface area contributed by atoms with Crippen LogP contribution in [0.2, 0.25) is 36.3 Å². The van der Waals surface area contributed by atoms with Gasteiger partial charge < -0.3 is 8.85 Å². The van der Waals surface area contributed by atoms with Gasteiger partial charge in [-0.1, -0.05) is 41.5 Å². The third-order valence-electron chi connectivity index (χ3n) is 5.69. The van der Waals surface area contributed by atoms with Crippen molar-refractivity contribution in [1.82, 2.24) is 0 Å². The Hall–Kier alpha value is -1.08. The van der Waals surface area contributed by atoms with Crippen LogP contribution in [-0.4, -0.2) is 22.4 Å². The molecule has 0 bridgehead atoms. The van der Waals surface area contributed by atoms with E-state index in [1.54, 1.807) is 6.92 Å². The normalized spacial score (nSPS) is 13.6. The van der Waals surface area contributed by atoms with Crippen LogP contribution in [0.25, 0.3) is 0 Å². The minimum Gasteiger partial charge on any atom is -0.541 e. The highest BCUT2D eigenvalue weighted by atomic mass is 28.4. The van der Waals surface area contributed by atoms with E-state index in [9.17, 15) is 4.79 Å². The first-order valence-corrected chi connectivity index (χ1v) is 14.8. The van der Waals surface area contributed by atoms with Crippen LogP contribution >= 0.6 is 0 Å². The van der Waals surface area contributed by atoms with Crippen LogP contribution in [0.1, 0.15) is 58.8 Å². The molecule has 25 heavy (non-hydrogen) atoms. The molecular weight excluding hydrogens is 344 g/mol. The second-order valence-electron chi connectivity index (χ2n) is 9.94. The highest BCUT2D eigenvalue weighted by Gasteiger charge is 2.42. The van der Waals surface area contributed by atoms with Crippen molar-refractivity contribution in [3.63, 3.8) is 0 Å². The van der Waals surface area contributed by atoms with Crippen molar-refractivity contribution in [3.8, 4) is 11.5 Å². The Morgan fingerprint density at radius 3 is 1.56 bits per heavy atom. The van der Waals surface area contributed by atoms with Crippen molar-refractivity contribution in [1.29, 1.82) is 0 Å². The number of rotatable bonds is 5. The molecule has 1 aromatic rings. The van der Waals surface area contributed by atoms with Crippen LogP contribution in [-0.2, 0) is 0 Å². The Morgan fingerprint density at radius 2 is 1.20 bits per heavy atom. The fourth-order valence-electron chi connectivity index (χ4n) is 1.75. The van der Waals surface area contributed by atoms with Crippen molar-refractivity contribution >= 4 is 22.4 Å². The Morgan fingerprint density at radius 1 is 0.800 bits per heavy atom. The molecule has 0 aliphatic heterocycles. The van der Waals surface area contributed by atoms with E-state index in [1.165, 1.54) is 0 Å². The van der Waals surface area contributed by atoms with Gasteiger partial charge in [-0.2, -0.15) is 0 Å². The van der Waals surface area contributed by atoms with Gasteiger partial charge in [0.25, 0.3) is 16.6 Å². The lowest BCUT2D eigenvalue weighted by molar-refractivity contribution is 0.101. The summed E-state index contributed by atoms with van der Waals surface area (Å²) in [6.07, 6.45) is 0. The summed E-state index contributed by atoms with van der Waals surface area (Å²) in [7, 11) is -4.02. The Labute approximate surface area is 156 Å². The van der Waals surface area contributed by atoms with Crippen LogP contribution in [0, 0.1) is 0 Å². The van der Waals surface area contributed by atoms with Gasteiger partial charge in [0.2, 0.25) is 0 Å². The SMILES string of the molecule is CC(=O)c1ccc(O[Si](C)(C)C(C)(C)C)c(O[Si](C)(C)C(C)(C)C)c1. The lowest BCUT2D eigenvalue weighted by atomic mass is 10.1. The van der Waals surface area contributed by atoms with Crippen molar-refractivity contribution in [2.45, 2.75) is 84.7 Å². The smallest absolute Gasteiger partial charge is 0.250 e. The first kappa shape index (κ1) is 22.0. The van der Waals surface area contributed by atoms with Crippen LogP contribution < -0.4 is 8.85 Å². The molecule has 0 N–H and O–H groups in total. The predicted molar refractivity (Wildman–Crippen MR) is 112 cm³/mol. The Kier molecular flexibility index (Phi) is 6.07. The average Bonchev–Trinajstić information content (AvgIpc) is 2.37. The van der Waals surface area contributed by atoms with Gasteiger partial charge in [-0.05, 0) is 61.4 Å². The molecule has 3 nitrogen and oxygen atoms in total. The number of carbonyl (C=O) groups is 1. The molecule has 0 spiro atoms. The van der Waals surface area contributed by atoms with Crippen LogP contribution in [0.15, 0.2) is 18.2 Å². The minimum atomic E-state index is -2.03. The predicted octanol–water partition coefficient (Wildman–Crippen LogP) is 6.66. The lowest BCUT2D eigenvalue weighted by Crippen LogP contribution is -2.45. The number of ketones is 1. The molecule has 0 saturated carbocycles. The van der Waals surface area contributed by atoms with Gasteiger partial charge in [0, 0.05) is 5.56 Å². The fraction of sp³-hybridized carbons (Fsp3) is 0.650. The summed E-state index contributed by atoms with van der Waals surface area (Å²) in [4.78, 5) is 11.8. The van der Waals surface area contributed by atoms with E-state index in [1.807, 2.05) is 18.2 Å². The molecule has 0 heterocycles. The van der Waals surface area contributed by atoms with Gasteiger partial charge >= 0.3 is 0 Å². The van der Waals surface area contributed by atoms with Crippen LogP contribution in [0.3, 0.4) is 0 Å². The van der Waals surface area contributed by atoms with E-state index < -0.39 is 16.6 Å². The maximum absolute atomic E-state index is 11.8. The summed E-state index contributed by atoms with van der Waals surface area (Å²) < 4.78 is 13.0. The monoisotopic (exact) mass is 380 g/mol. The zero-order chi connectivity index (χ0) is 19.8. The minimum absolute atomic E-state index is 0.0407. The van der Waals surface area contributed by atoms with Gasteiger partial charge in [-0.25, -0.2) is 0 Å². The average molecular weight is 381 g/mol. The van der Waals surface area contributed by atoms with E-state index in [-0.39, 0.29) is 15.9 Å². The second kappa shape index (κ2) is 6.91. The fourth-order valence-corrected chi connectivity index (χ4v) is 3.79. The molecular formula is C20H36O3Si2. The summed E-state index contributed by atoms with van der Waals surface area (Å²) in [6.45, 7) is 23.7. The molecule has 5 heteroatoms. The first-order chi connectivity index (χ1) is 11.0. The lowest BCUT2D eigenvalue weighted by Gasteiger charge is -2.39. The number of hydrogen-bond donors (Lipinski definition) is 0. The Bertz CT molecular complexity index is 635. The van der Waals surface area contributed by atoms with Crippen LogP contribution in [0.5, 0.6) is 11.5 Å². The molecule has 0 unspecified atom stereocenters. The standard InChI is InChI=1S/C20H36O3Si2/c1-15(21)16-12-13-17(22-24(8,9)19(2,3)4)18(14-16)23-25(10,11)20(5,6)7/h12-14H,1-11H3. The van der Waals surface area contributed by atoms with Crippen molar-refractivity contribution in [2.75, 3.05) is 0 Å². The summed E-state index contributed by atoms with van der Waals surface area (Å²) in [6, 6.07) is 5.59. The second-order valence-corrected chi connectivity index (χ2v) is 19.4. The molecule has 1 aromatic carbocycles. The van der Waals surface area contributed by atoms with E-state index in [0.717, 1.165) is 5.75 Å². The number of hydrogen-bond acceptors (Lipinski definition) is 3. The molecule has 0 aliphatic carbocycles. The molecule has 0 atom stereocenters. The summed E-state index contributed by atoms with van der Waals surface area (Å²) in [5.74, 6) is 1.52. The zero-order valence-electron chi connectivity index (χ0n) is 18.0. The van der Waals surface area contributed by atoms with Crippen molar-refractivity contribution < 1.29 is 13.6 Å². The van der Waals surface area contributed by atoms with E-state index >= 15 is 0 Å². The highest BCUT2D eigenvalue weighted by molar-refractivity contribution is 6.75. The molecule has 1 rings (SSSR count). The van der Waals surface area contributed by atoms with Crippen LogP contribution in [0.4, 0.5) is 0 Å². The van der Waals surface area contributed by atoms with Gasteiger partial charge in [0.1, 0.15) is 11.5 Å². The van der Waals surface area contributed by atoms with Gasteiger partial charge in [-0.3, -0.25) is 4.79 Å². The number of carbonyl (C=O) groups excluding carboxylic acids is 1. The maximum atomic E-state index is 11.8. The quantitative estimate of drug-likeness (QED) is 0.423. The number of Topliss-reactive ketones (excluding diaryl/α,β-unsaturated/α-hetero) is 1. The summed E-state index contributed by atoms with van der Waals surface area (Å²) >= 11 is 0. The van der Waals surface area contributed by atoms with E-state index in [2.05, 4.69) is 67.7 Å². The molecule has 0 saturated heterocycles. The first-order valence-electron chi connectivity index (χ1n) is 9.01. The molecule has 0 amide bonds. The zero-order valence-corrected chi connectivity index (χ0v) is 20.0. The van der Waals surface area contributed by atoms with Gasteiger partial charge in [-0.15, -0.1) is 0 Å². The molecule has 0 fully saturated rings. The van der Waals surface area contributed by atoms with E-state index in [4.69, 9.17) is 8.85 Å². The van der Waals surface area contributed by atoms with Crippen molar-refractivity contribution in [2.24, 2.45) is 0 Å².